The molecule has 3 rings (SSSR count). The topological polar surface area (TPSA) is 80.0 Å². The molecule has 128 valence electrons. The molecule has 0 radical (unpaired) electrons. The number of carbonyl (C=O) groups is 1. The molecule has 0 spiro atoms. The highest BCUT2D eigenvalue weighted by Crippen LogP contribution is 2.20. The number of para-hydroxylation sites is 1. The van der Waals surface area contributed by atoms with Crippen molar-refractivity contribution >= 4 is 5.91 Å². The van der Waals surface area contributed by atoms with Crippen molar-refractivity contribution in [2.45, 2.75) is 6.10 Å². The van der Waals surface area contributed by atoms with E-state index in [4.69, 9.17) is 0 Å². The van der Waals surface area contributed by atoms with Crippen molar-refractivity contribution < 1.29 is 18.7 Å². The van der Waals surface area contributed by atoms with Crippen LogP contribution in [0, 0.1) is 11.6 Å². The third-order valence-electron chi connectivity index (χ3n) is 3.54. The highest BCUT2D eigenvalue weighted by molar-refractivity contribution is 5.91. The highest BCUT2D eigenvalue weighted by Gasteiger charge is 2.19. The van der Waals surface area contributed by atoms with Crippen LogP contribution in [0.15, 0.2) is 54.7 Å². The van der Waals surface area contributed by atoms with Gasteiger partial charge in [0.2, 0.25) is 0 Å². The molecule has 0 aliphatic carbocycles. The standard InChI is InChI=1S/C17H14F2N4O2/c18-12-7-4-8-13(19)16(12)15(24)9-20-17(25)14-10-23(22-21-14)11-5-2-1-3-6-11/h1-8,10,15,24H,9H2,(H,20,25). The first-order valence-electron chi connectivity index (χ1n) is 7.44. The van der Waals surface area contributed by atoms with Gasteiger partial charge < -0.3 is 10.4 Å². The fourth-order valence-corrected chi connectivity index (χ4v) is 2.29. The van der Waals surface area contributed by atoms with Gasteiger partial charge in [0.1, 0.15) is 17.7 Å². The monoisotopic (exact) mass is 344 g/mol. The molecule has 1 atom stereocenters. The van der Waals surface area contributed by atoms with Crippen molar-refractivity contribution in [3.8, 4) is 5.69 Å². The smallest absolute Gasteiger partial charge is 0.273 e. The van der Waals surface area contributed by atoms with Crippen molar-refractivity contribution in [3.63, 3.8) is 0 Å². The SMILES string of the molecule is O=C(NCC(O)c1c(F)cccc1F)c1cn(-c2ccccc2)nn1. The summed E-state index contributed by atoms with van der Waals surface area (Å²) in [7, 11) is 0. The summed E-state index contributed by atoms with van der Waals surface area (Å²) in [4.78, 5) is 12.1. The number of hydrogen-bond acceptors (Lipinski definition) is 4. The van der Waals surface area contributed by atoms with Crippen molar-refractivity contribution in [2.75, 3.05) is 6.54 Å². The van der Waals surface area contributed by atoms with E-state index < -0.39 is 29.2 Å². The first kappa shape index (κ1) is 16.7. The summed E-state index contributed by atoms with van der Waals surface area (Å²) in [6.45, 7) is -0.366. The molecule has 25 heavy (non-hydrogen) atoms. The van der Waals surface area contributed by atoms with E-state index >= 15 is 0 Å². The minimum atomic E-state index is -1.52. The lowest BCUT2D eigenvalue weighted by Gasteiger charge is -2.13. The van der Waals surface area contributed by atoms with Gasteiger partial charge in [-0.2, -0.15) is 0 Å². The van der Waals surface area contributed by atoms with Gasteiger partial charge in [-0.15, -0.1) is 5.10 Å². The first-order valence-corrected chi connectivity index (χ1v) is 7.44. The zero-order valence-electron chi connectivity index (χ0n) is 12.9. The van der Waals surface area contributed by atoms with Gasteiger partial charge in [0.05, 0.1) is 17.4 Å². The van der Waals surface area contributed by atoms with Crippen LogP contribution in [0.2, 0.25) is 0 Å². The Bertz CT molecular complexity index is 863. The minimum absolute atomic E-state index is 0.0186. The molecule has 0 saturated carbocycles. The van der Waals surface area contributed by atoms with E-state index in [0.29, 0.717) is 0 Å². The lowest BCUT2D eigenvalue weighted by Crippen LogP contribution is -2.29. The van der Waals surface area contributed by atoms with Gasteiger partial charge in [-0.3, -0.25) is 4.79 Å². The van der Waals surface area contributed by atoms with Crippen LogP contribution in [0.1, 0.15) is 22.2 Å². The van der Waals surface area contributed by atoms with Crippen LogP contribution in [0.4, 0.5) is 8.78 Å². The Hall–Kier alpha value is -3.13. The number of amides is 1. The average Bonchev–Trinajstić information content (AvgIpc) is 3.10. The van der Waals surface area contributed by atoms with Gasteiger partial charge in [-0.1, -0.05) is 29.5 Å². The fraction of sp³-hybridized carbons (Fsp3) is 0.118. The molecule has 3 aromatic rings. The first-order chi connectivity index (χ1) is 12.1. The van der Waals surface area contributed by atoms with Gasteiger partial charge in [0, 0.05) is 6.54 Å². The second-order valence-corrected chi connectivity index (χ2v) is 5.25. The molecule has 2 N–H and O–H groups in total. The summed E-state index contributed by atoms with van der Waals surface area (Å²) in [6.07, 6.45) is -0.102. The molecule has 1 unspecified atom stereocenters. The summed E-state index contributed by atoms with van der Waals surface area (Å²) >= 11 is 0. The molecule has 0 saturated heterocycles. The van der Waals surface area contributed by atoms with Crippen LogP contribution in [0.5, 0.6) is 0 Å². The van der Waals surface area contributed by atoms with Gasteiger partial charge in [0.15, 0.2) is 5.69 Å². The number of rotatable bonds is 5. The molecule has 0 aliphatic rings. The van der Waals surface area contributed by atoms with Crippen LogP contribution in [0.3, 0.4) is 0 Å². The Kier molecular flexibility index (Phi) is 4.80. The maximum absolute atomic E-state index is 13.6. The molecular formula is C17H14F2N4O2. The van der Waals surface area contributed by atoms with Crippen molar-refractivity contribution in [2.24, 2.45) is 0 Å². The summed E-state index contributed by atoms with van der Waals surface area (Å²) < 4.78 is 28.6. The summed E-state index contributed by atoms with van der Waals surface area (Å²) in [5.74, 6) is -2.37. The van der Waals surface area contributed by atoms with E-state index in [0.717, 1.165) is 17.8 Å². The summed E-state index contributed by atoms with van der Waals surface area (Å²) in [6, 6.07) is 12.3. The van der Waals surface area contributed by atoms with Crippen molar-refractivity contribution in [3.05, 3.63) is 77.6 Å². The Morgan fingerprint density at radius 3 is 2.48 bits per heavy atom. The van der Waals surface area contributed by atoms with Crippen LogP contribution in [0.25, 0.3) is 5.69 Å². The number of aliphatic hydroxyl groups excluding tert-OH is 1. The number of carbonyl (C=O) groups excluding carboxylic acids is 1. The molecule has 0 aliphatic heterocycles. The van der Waals surface area contributed by atoms with Gasteiger partial charge in [0.25, 0.3) is 5.91 Å². The van der Waals surface area contributed by atoms with E-state index in [1.807, 2.05) is 18.2 Å². The molecule has 8 heteroatoms. The minimum Gasteiger partial charge on any atom is -0.386 e. The third-order valence-corrected chi connectivity index (χ3v) is 3.54. The van der Waals surface area contributed by atoms with Crippen LogP contribution >= 0.6 is 0 Å². The lowest BCUT2D eigenvalue weighted by molar-refractivity contribution is 0.0906. The largest absolute Gasteiger partial charge is 0.386 e. The van der Waals surface area contributed by atoms with Crippen LogP contribution in [-0.2, 0) is 0 Å². The van der Waals surface area contributed by atoms with E-state index in [1.54, 1.807) is 12.1 Å². The lowest BCUT2D eigenvalue weighted by atomic mass is 10.1. The highest BCUT2D eigenvalue weighted by atomic mass is 19.1. The second-order valence-electron chi connectivity index (χ2n) is 5.25. The number of aromatic nitrogens is 3. The maximum Gasteiger partial charge on any atom is 0.273 e. The molecular weight excluding hydrogens is 330 g/mol. The van der Waals surface area contributed by atoms with Gasteiger partial charge in [-0.05, 0) is 24.3 Å². The maximum atomic E-state index is 13.6. The van der Waals surface area contributed by atoms with Crippen molar-refractivity contribution in [1.29, 1.82) is 0 Å². The predicted octanol–water partition coefficient (Wildman–Crippen LogP) is 2.01. The fourth-order valence-electron chi connectivity index (χ4n) is 2.29. The number of aliphatic hydroxyl groups is 1. The molecule has 1 aromatic heterocycles. The number of hydrogen-bond donors (Lipinski definition) is 2. The summed E-state index contributed by atoms with van der Waals surface area (Å²) in [5, 5.41) is 19.9. The molecule has 1 heterocycles. The molecule has 0 bridgehead atoms. The predicted molar refractivity (Wildman–Crippen MR) is 85.0 cm³/mol. The van der Waals surface area contributed by atoms with E-state index in [2.05, 4.69) is 15.6 Å². The number of benzene rings is 2. The molecule has 2 aromatic carbocycles. The Morgan fingerprint density at radius 2 is 1.80 bits per heavy atom. The number of nitrogens with one attached hydrogen (secondary N) is 1. The summed E-state index contributed by atoms with van der Waals surface area (Å²) in [5.41, 5.74) is 0.253. The average molecular weight is 344 g/mol. The molecule has 0 fully saturated rings. The Labute approximate surface area is 141 Å². The number of nitrogens with zero attached hydrogens (tertiary/aromatic N) is 3. The van der Waals surface area contributed by atoms with Crippen molar-refractivity contribution in [1.82, 2.24) is 20.3 Å². The van der Waals surface area contributed by atoms with E-state index in [1.165, 1.54) is 16.9 Å². The van der Waals surface area contributed by atoms with E-state index in [9.17, 15) is 18.7 Å². The van der Waals surface area contributed by atoms with Gasteiger partial charge in [-0.25, -0.2) is 13.5 Å². The normalized spacial score (nSPS) is 12.0. The molecule has 6 nitrogen and oxygen atoms in total. The van der Waals surface area contributed by atoms with E-state index in [-0.39, 0.29) is 12.2 Å². The zero-order chi connectivity index (χ0) is 17.8. The Balaban J connectivity index is 1.66. The van der Waals surface area contributed by atoms with Gasteiger partial charge >= 0.3 is 0 Å². The number of halogens is 2. The second kappa shape index (κ2) is 7.18. The molecule has 1 amide bonds. The Morgan fingerprint density at radius 1 is 1.12 bits per heavy atom. The third kappa shape index (κ3) is 3.69. The van der Waals surface area contributed by atoms with Crippen LogP contribution in [-0.4, -0.2) is 32.6 Å². The zero-order valence-corrected chi connectivity index (χ0v) is 12.9. The van der Waals surface area contributed by atoms with Crippen LogP contribution < -0.4 is 5.32 Å². The quantitative estimate of drug-likeness (QED) is 0.742.